The molecule has 158 valence electrons. The summed E-state index contributed by atoms with van der Waals surface area (Å²) in [5.74, 6) is -1.42. The van der Waals surface area contributed by atoms with Gasteiger partial charge in [0, 0.05) is 11.6 Å². The molecule has 0 saturated carbocycles. The van der Waals surface area contributed by atoms with E-state index < -0.39 is 18.1 Å². The summed E-state index contributed by atoms with van der Waals surface area (Å²) in [5, 5.41) is 9.33. The number of hydrogen-bond acceptors (Lipinski definition) is 6. The molecule has 1 aromatic carbocycles. The Kier molecular flexibility index (Phi) is 5.54. The third-order valence-corrected chi connectivity index (χ3v) is 4.13. The second kappa shape index (κ2) is 7.93. The molecule has 2 aromatic heterocycles. The van der Waals surface area contributed by atoms with Gasteiger partial charge in [-0.15, -0.1) is 13.2 Å². The molecule has 0 radical (unpaired) electrons. The van der Waals surface area contributed by atoms with Crippen LogP contribution in [0.15, 0.2) is 36.8 Å². The highest BCUT2D eigenvalue weighted by atomic mass is 19.4. The number of aromatic nitrogens is 3. The number of carboxylic acid groups (broad SMARTS) is 1. The number of carbonyl (C=O) groups is 1. The van der Waals surface area contributed by atoms with Gasteiger partial charge in [0.2, 0.25) is 5.88 Å². The minimum Gasteiger partial charge on any atom is -0.496 e. The van der Waals surface area contributed by atoms with Crippen molar-refractivity contribution in [3.05, 3.63) is 48.0 Å². The Morgan fingerprint density at radius 2 is 1.90 bits per heavy atom. The first-order valence-electron chi connectivity index (χ1n) is 8.40. The van der Waals surface area contributed by atoms with Gasteiger partial charge in [-0.05, 0) is 30.7 Å². The molecule has 0 aliphatic carbocycles. The number of halogens is 3. The number of hydrogen-bond donors (Lipinski definition) is 1. The predicted molar refractivity (Wildman–Crippen MR) is 98.3 cm³/mol. The number of aromatic carboxylic acids is 1. The van der Waals surface area contributed by atoms with Crippen molar-refractivity contribution in [1.29, 1.82) is 0 Å². The van der Waals surface area contributed by atoms with E-state index in [4.69, 9.17) is 9.47 Å². The van der Waals surface area contributed by atoms with Crippen molar-refractivity contribution in [3.63, 3.8) is 0 Å². The van der Waals surface area contributed by atoms with Gasteiger partial charge in [0.25, 0.3) is 0 Å². The van der Waals surface area contributed by atoms with Crippen molar-refractivity contribution < 1.29 is 37.3 Å². The Labute approximate surface area is 168 Å². The fourth-order valence-electron chi connectivity index (χ4n) is 2.89. The molecular weight excluding hydrogens is 407 g/mol. The summed E-state index contributed by atoms with van der Waals surface area (Å²) in [6.07, 6.45) is -2.34. The smallest absolute Gasteiger partial charge is 0.496 e. The molecule has 30 heavy (non-hydrogen) atoms. The van der Waals surface area contributed by atoms with Crippen LogP contribution in [-0.2, 0) is 0 Å². The van der Waals surface area contributed by atoms with Gasteiger partial charge >= 0.3 is 12.3 Å². The van der Waals surface area contributed by atoms with Crippen molar-refractivity contribution >= 4 is 5.97 Å². The first-order chi connectivity index (χ1) is 14.1. The summed E-state index contributed by atoms with van der Waals surface area (Å²) >= 11 is 0. The zero-order valence-electron chi connectivity index (χ0n) is 16.0. The van der Waals surface area contributed by atoms with Crippen molar-refractivity contribution in [2.24, 2.45) is 0 Å². The SMILES string of the molecule is COc1cc(OC(F)(F)F)ccc1-c1nc(OC)c(-n2cncc2C(=O)O)cc1C. The van der Waals surface area contributed by atoms with Crippen molar-refractivity contribution in [1.82, 2.24) is 14.5 Å². The lowest BCUT2D eigenvalue weighted by Crippen LogP contribution is -2.17. The van der Waals surface area contributed by atoms with Crippen LogP contribution in [0.1, 0.15) is 16.1 Å². The van der Waals surface area contributed by atoms with Crippen LogP contribution in [0.3, 0.4) is 0 Å². The molecule has 0 saturated heterocycles. The van der Waals surface area contributed by atoms with Crippen LogP contribution >= 0.6 is 0 Å². The molecule has 8 nitrogen and oxygen atoms in total. The zero-order valence-corrected chi connectivity index (χ0v) is 16.0. The van der Waals surface area contributed by atoms with E-state index in [2.05, 4.69) is 14.7 Å². The molecule has 0 atom stereocenters. The molecule has 0 unspecified atom stereocenters. The molecule has 0 spiro atoms. The lowest BCUT2D eigenvalue weighted by Gasteiger charge is -2.17. The largest absolute Gasteiger partial charge is 0.573 e. The van der Waals surface area contributed by atoms with Crippen LogP contribution in [0.5, 0.6) is 17.4 Å². The Balaban J connectivity index is 2.12. The summed E-state index contributed by atoms with van der Waals surface area (Å²) < 4.78 is 53.2. The Bertz CT molecular complexity index is 1100. The quantitative estimate of drug-likeness (QED) is 0.643. The summed E-state index contributed by atoms with van der Waals surface area (Å²) in [6, 6.07) is 5.26. The highest BCUT2D eigenvalue weighted by molar-refractivity contribution is 5.86. The van der Waals surface area contributed by atoms with E-state index in [9.17, 15) is 23.1 Å². The number of imidazole rings is 1. The van der Waals surface area contributed by atoms with Crippen LogP contribution in [0.4, 0.5) is 13.2 Å². The molecule has 0 aliphatic heterocycles. The van der Waals surface area contributed by atoms with E-state index in [1.54, 1.807) is 13.0 Å². The number of pyridine rings is 1. The van der Waals surface area contributed by atoms with Gasteiger partial charge in [0.05, 0.1) is 26.1 Å². The number of benzene rings is 1. The Morgan fingerprint density at radius 3 is 2.50 bits per heavy atom. The van der Waals surface area contributed by atoms with Gasteiger partial charge in [-0.3, -0.25) is 4.57 Å². The van der Waals surface area contributed by atoms with E-state index in [1.807, 2.05) is 0 Å². The number of alkyl halides is 3. The van der Waals surface area contributed by atoms with Gasteiger partial charge in [-0.1, -0.05) is 0 Å². The van der Waals surface area contributed by atoms with Crippen LogP contribution in [0.2, 0.25) is 0 Å². The van der Waals surface area contributed by atoms with E-state index >= 15 is 0 Å². The molecule has 0 bridgehead atoms. The summed E-state index contributed by atoms with van der Waals surface area (Å²) in [4.78, 5) is 19.7. The lowest BCUT2D eigenvalue weighted by molar-refractivity contribution is -0.274. The molecule has 0 aliphatic rings. The van der Waals surface area contributed by atoms with Crippen molar-refractivity contribution in [3.8, 4) is 34.3 Å². The van der Waals surface area contributed by atoms with Gasteiger partial charge in [0.1, 0.15) is 23.5 Å². The van der Waals surface area contributed by atoms with E-state index in [1.165, 1.54) is 37.4 Å². The number of ether oxygens (including phenoxy) is 3. The van der Waals surface area contributed by atoms with Crippen LogP contribution in [-0.4, -0.2) is 46.2 Å². The van der Waals surface area contributed by atoms with Gasteiger partial charge in [-0.25, -0.2) is 14.8 Å². The number of aryl methyl sites for hydroxylation is 1. The minimum atomic E-state index is -4.84. The summed E-state index contributed by atoms with van der Waals surface area (Å²) in [6.45, 7) is 1.71. The number of rotatable bonds is 6. The number of methoxy groups -OCH3 is 2. The van der Waals surface area contributed by atoms with Crippen molar-refractivity contribution in [2.45, 2.75) is 13.3 Å². The minimum absolute atomic E-state index is 0.0894. The highest BCUT2D eigenvalue weighted by Crippen LogP contribution is 2.38. The molecule has 0 fully saturated rings. The average molecular weight is 423 g/mol. The third-order valence-electron chi connectivity index (χ3n) is 4.13. The number of carboxylic acids is 1. The number of nitrogens with zero attached hydrogens (tertiary/aromatic N) is 3. The third kappa shape index (κ3) is 4.14. The fraction of sp³-hybridized carbons (Fsp3) is 0.211. The molecular formula is C19H16F3N3O5. The molecule has 2 heterocycles. The maximum atomic E-state index is 12.5. The van der Waals surface area contributed by atoms with E-state index in [0.29, 0.717) is 22.5 Å². The van der Waals surface area contributed by atoms with E-state index in [-0.39, 0.29) is 17.3 Å². The standard InChI is InChI=1S/C19H16F3N3O5/c1-10-6-13(25-9-23-8-14(25)18(26)27)17(29-3)24-16(10)12-5-4-11(7-15(12)28-2)30-19(20,21)22/h4-9H,1-3H3,(H,26,27). The highest BCUT2D eigenvalue weighted by Gasteiger charge is 2.31. The molecule has 1 N–H and O–H groups in total. The lowest BCUT2D eigenvalue weighted by atomic mass is 10.0. The Morgan fingerprint density at radius 1 is 1.17 bits per heavy atom. The molecule has 3 rings (SSSR count). The second-order valence-corrected chi connectivity index (χ2v) is 6.05. The summed E-state index contributed by atoms with van der Waals surface area (Å²) in [5.41, 5.74) is 1.62. The monoisotopic (exact) mass is 423 g/mol. The molecule has 0 amide bonds. The predicted octanol–water partition coefficient (Wildman–Crippen LogP) is 3.86. The van der Waals surface area contributed by atoms with Crippen LogP contribution in [0, 0.1) is 6.92 Å². The average Bonchev–Trinajstić information content (AvgIpc) is 3.16. The fourth-order valence-corrected chi connectivity index (χ4v) is 2.89. The van der Waals surface area contributed by atoms with Gasteiger partial charge < -0.3 is 19.3 Å². The maximum absolute atomic E-state index is 12.5. The molecule has 3 aromatic rings. The van der Waals surface area contributed by atoms with Crippen molar-refractivity contribution in [2.75, 3.05) is 14.2 Å². The normalized spacial score (nSPS) is 11.3. The first kappa shape index (κ1) is 21.0. The summed E-state index contributed by atoms with van der Waals surface area (Å²) in [7, 11) is 2.67. The first-order valence-corrected chi connectivity index (χ1v) is 8.40. The van der Waals surface area contributed by atoms with Gasteiger partial charge in [0.15, 0.2) is 5.69 Å². The topological polar surface area (TPSA) is 95.7 Å². The second-order valence-electron chi connectivity index (χ2n) is 6.05. The van der Waals surface area contributed by atoms with Crippen LogP contribution < -0.4 is 14.2 Å². The zero-order chi connectivity index (χ0) is 22.1. The van der Waals surface area contributed by atoms with E-state index in [0.717, 1.165) is 12.1 Å². The Hall–Kier alpha value is -3.76. The molecule has 11 heteroatoms. The van der Waals surface area contributed by atoms with Crippen LogP contribution in [0.25, 0.3) is 16.9 Å². The van der Waals surface area contributed by atoms with Gasteiger partial charge in [-0.2, -0.15) is 0 Å². The maximum Gasteiger partial charge on any atom is 0.573 e.